The van der Waals surface area contributed by atoms with E-state index in [-0.39, 0.29) is 5.41 Å². The summed E-state index contributed by atoms with van der Waals surface area (Å²) in [5.74, 6) is 4.40. The summed E-state index contributed by atoms with van der Waals surface area (Å²) in [5.41, 5.74) is 9.02. The minimum atomic E-state index is 0.252. The molecule has 0 bridgehead atoms. The van der Waals surface area contributed by atoms with E-state index in [9.17, 15) is 0 Å². The van der Waals surface area contributed by atoms with E-state index in [4.69, 9.17) is 0 Å². The predicted molar refractivity (Wildman–Crippen MR) is 246 cm³/mol. The van der Waals surface area contributed by atoms with Crippen molar-refractivity contribution < 1.29 is 0 Å². The molecule has 2 aromatic carbocycles. The van der Waals surface area contributed by atoms with Crippen LogP contribution in [0.25, 0.3) is 0 Å². The quantitative estimate of drug-likeness (QED) is 0.230. The van der Waals surface area contributed by atoms with Gasteiger partial charge >= 0.3 is 0 Å². The molecule has 2 aliphatic rings. The largest absolute Gasteiger partial charge is 0.285 e. The molecule has 54 heavy (non-hydrogen) atoms. The molecule has 0 N–H and O–H groups in total. The average Bonchev–Trinajstić information content (AvgIpc) is 3.73. The van der Waals surface area contributed by atoms with Gasteiger partial charge in [0.1, 0.15) is 0 Å². The lowest BCUT2D eigenvalue weighted by molar-refractivity contribution is 0.0662. The smallest absolute Gasteiger partial charge is 0.0609 e. The maximum Gasteiger partial charge on any atom is 0.0609 e. The lowest BCUT2D eigenvalue weighted by atomic mass is 9.62. The molecule has 1 aliphatic heterocycles. The zero-order valence-corrected chi connectivity index (χ0v) is 39.5. The fraction of sp³-hybridized carbons (Fsp3) is 0.717. The van der Waals surface area contributed by atoms with E-state index in [0.717, 1.165) is 36.6 Å². The van der Waals surface area contributed by atoms with E-state index >= 15 is 0 Å². The van der Waals surface area contributed by atoms with Gasteiger partial charge in [0, 0.05) is 5.71 Å². The van der Waals surface area contributed by atoms with Crippen molar-refractivity contribution in [2.75, 3.05) is 6.54 Å². The van der Waals surface area contributed by atoms with Crippen molar-refractivity contribution in [3.63, 3.8) is 0 Å². The first-order chi connectivity index (χ1) is 24.8. The van der Waals surface area contributed by atoms with Gasteiger partial charge in [-0.1, -0.05) is 205 Å². The van der Waals surface area contributed by atoms with Gasteiger partial charge in [0.05, 0.1) is 6.54 Å². The number of rotatable bonds is 10. The van der Waals surface area contributed by atoms with Crippen LogP contribution in [-0.4, -0.2) is 12.3 Å². The van der Waals surface area contributed by atoms with Crippen molar-refractivity contribution in [2.45, 2.75) is 194 Å². The van der Waals surface area contributed by atoms with Crippen LogP contribution in [-0.2, 0) is 11.8 Å². The highest BCUT2D eigenvalue weighted by atomic mass is 14.8. The average molecular weight is 742 g/mol. The number of hydrogen-bond acceptors (Lipinski definition) is 1. The third-order valence-electron chi connectivity index (χ3n) is 11.7. The molecule has 308 valence electrons. The van der Waals surface area contributed by atoms with Gasteiger partial charge < -0.3 is 0 Å². The Morgan fingerprint density at radius 2 is 1.17 bits per heavy atom. The number of allylic oxidation sites excluding steroid dienone is 1. The van der Waals surface area contributed by atoms with Crippen LogP contribution in [0.1, 0.15) is 199 Å². The Bertz CT molecular complexity index is 1350. The molecule has 1 fully saturated rings. The summed E-state index contributed by atoms with van der Waals surface area (Å²) in [7, 11) is 0. The van der Waals surface area contributed by atoms with E-state index < -0.39 is 0 Å². The summed E-state index contributed by atoms with van der Waals surface area (Å²) in [5, 5.41) is 0. The van der Waals surface area contributed by atoms with Crippen LogP contribution in [0.4, 0.5) is 0 Å². The van der Waals surface area contributed by atoms with Crippen LogP contribution >= 0.6 is 0 Å². The van der Waals surface area contributed by atoms with Crippen LogP contribution in [0, 0.1) is 45.8 Å². The van der Waals surface area contributed by atoms with Gasteiger partial charge in [-0.05, 0) is 118 Å². The van der Waals surface area contributed by atoms with Crippen LogP contribution < -0.4 is 0 Å². The minimum absolute atomic E-state index is 0.252. The summed E-state index contributed by atoms with van der Waals surface area (Å²) in [6, 6.07) is 19.8. The van der Waals surface area contributed by atoms with Crippen molar-refractivity contribution in [1.82, 2.24) is 0 Å². The molecule has 2 aromatic rings. The van der Waals surface area contributed by atoms with Crippen LogP contribution in [0.15, 0.2) is 71.2 Å². The normalized spacial score (nSPS) is 16.4. The molecule has 0 radical (unpaired) electrons. The van der Waals surface area contributed by atoms with E-state index in [1.807, 2.05) is 0 Å². The Labute approximate surface area is 339 Å². The monoisotopic (exact) mass is 742 g/mol. The molecule has 1 saturated carbocycles. The molecule has 0 amide bonds. The zero-order chi connectivity index (χ0) is 41.5. The Hall–Kier alpha value is -2.15. The molecule has 1 aliphatic carbocycles. The van der Waals surface area contributed by atoms with Gasteiger partial charge in [-0.15, -0.1) is 0 Å². The van der Waals surface area contributed by atoms with Crippen LogP contribution in [0.2, 0.25) is 0 Å². The topological polar surface area (TPSA) is 12.4 Å². The lowest BCUT2D eigenvalue weighted by Crippen LogP contribution is -2.34. The Kier molecular flexibility index (Phi) is 20.8. The molecule has 1 heterocycles. The molecular weight excluding hydrogens is 651 g/mol. The molecule has 1 nitrogen and oxygen atoms in total. The first kappa shape index (κ1) is 49.9. The predicted octanol–water partition coefficient (Wildman–Crippen LogP) is 16.8. The summed E-state index contributed by atoms with van der Waals surface area (Å²) in [6.45, 7) is 44.8. The van der Waals surface area contributed by atoms with E-state index in [0.29, 0.717) is 28.1 Å². The van der Waals surface area contributed by atoms with Crippen LogP contribution in [0.3, 0.4) is 0 Å². The number of benzene rings is 2. The van der Waals surface area contributed by atoms with Gasteiger partial charge in [-0.25, -0.2) is 0 Å². The van der Waals surface area contributed by atoms with Gasteiger partial charge in [0.25, 0.3) is 0 Å². The van der Waals surface area contributed by atoms with E-state index in [1.165, 1.54) is 72.9 Å². The van der Waals surface area contributed by atoms with Gasteiger partial charge in [-0.2, -0.15) is 0 Å². The van der Waals surface area contributed by atoms with Crippen LogP contribution in [0.5, 0.6) is 0 Å². The van der Waals surface area contributed by atoms with Gasteiger partial charge in [-0.3, -0.25) is 4.99 Å². The first-order valence-electron chi connectivity index (χ1n) is 22.2. The second-order valence-electron chi connectivity index (χ2n) is 22.0. The summed E-state index contributed by atoms with van der Waals surface area (Å²) in [4.78, 5) is 4.46. The molecule has 0 saturated heterocycles. The highest BCUT2D eigenvalue weighted by Crippen LogP contribution is 2.54. The number of aliphatic imine (C=N–C) groups is 1. The van der Waals surface area contributed by atoms with Crippen molar-refractivity contribution in [2.24, 2.45) is 50.8 Å². The molecule has 1 unspecified atom stereocenters. The summed E-state index contributed by atoms with van der Waals surface area (Å²) in [6.07, 6.45) is 13.3. The summed E-state index contributed by atoms with van der Waals surface area (Å²) >= 11 is 0. The molecule has 0 aromatic heterocycles. The Morgan fingerprint density at radius 1 is 0.630 bits per heavy atom. The standard InChI is InChI=1S/2C15H24.C13H26.C10H17N/c1-14(2,3)11-12-9-7-8-10-13(12)15(4,5)6;1-12(2)10-11-15(13(3)4)14-8-6-5-7-9-14;1-11(2)10-13(12(3,4)5)8-6-7-9-13;1-7(2)9-5-10(8(3)4)11-6-9/h7-10H,11H2,1-6H3;5-9,12-13,15H,10-11H2,1-4H3;11H,6-10H2,1-5H3;5,7-8H,6H2,1-4H3. The van der Waals surface area contributed by atoms with Crippen molar-refractivity contribution >= 4 is 5.71 Å². The van der Waals surface area contributed by atoms with Crippen molar-refractivity contribution in [1.29, 1.82) is 0 Å². The minimum Gasteiger partial charge on any atom is -0.285 e. The number of hydrogen-bond donors (Lipinski definition) is 0. The van der Waals surface area contributed by atoms with Gasteiger partial charge in [0.2, 0.25) is 0 Å². The highest BCUT2D eigenvalue weighted by Gasteiger charge is 2.43. The lowest BCUT2D eigenvalue weighted by Gasteiger charge is -2.43. The Morgan fingerprint density at radius 3 is 1.56 bits per heavy atom. The fourth-order valence-electron chi connectivity index (χ4n) is 8.33. The molecule has 4 rings (SSSR count). The van der Waals surface area contributed by atoms with Crippen molar-refractivity contribution in [3.05, 3.63) is 82.9 Å². The van der Waals surface area contributed by atoms with Gasteiger partial charge in [0.15, 0.2) is 0 Å². The first-order valence-corrected chi connectivity index (χ1v) is 22.2. The second-order valence-corrected chi connectivity index (χ2v) is 22.0. The molecular formula is C53H91N. The third-order valence-corrected chi connectivity index (χ3v) is 11.7. The fourth-order valence-corrected chi connectivity index (χ4v) is 8.33. The molecule has 0 spiro atoms. The maximum absolute atomic E-state index is 4.46. The molecule has 1 heteroatoms. The van der Waals surface area contributed by atoms with Crippen molar-refractivity contribution in [3.8, 4) is 0 Å². The van der Waals surface area contributed by atoms with E-state index in [2.05, 4.69) is 197 Å². The SMILES string of the molecule is CC(C)(C)Cc1ccccc1C(C)(C)C.CC(C)C1=CC(C(C)C)=NC1.CC(C)CC1(C(C)(C)C)CCCC1.CC(C)CCC(c1ccccc1)C(C)C. The van der Waals surface area contributed by atoms with E-state index in [1.54, 1.807) is 0 Å². The highest BCUT2D eigenvalue weighted by molar-refractivity contribution is 5.98. The number of nitrogens with zero attached hydrogens (tertiary/aromatic N) is 1. The maximum atomic E-state index is 4.46. The summed E-state index contributed by atoms with van der Waals surface area (Å²) < 4.78 is 0. The zero-order valence-electron chi connectivity index (χ0n) is 39.5. The Balaban J connectivity index is 0.000000362. The second kappa shape index (κ2) is 22.6. The molecule has 1 atom stereocenters. The third kappa shape index (κ3) is 18.2.